The van der Waals surface area contributed by atoms with Gasteiger partial charge in [0.1, 0.15) is 0 Å². The lowest BCUT2D eigenvalue weighted by Crippen LogP contribution is -2.46. The van der Waals surface area contributed by atoms with Gasteiger partial charge in [-0.2, -0.15) is 0 Å². The molecule has 1 aromatic heterocycles. The molecule has 1 aromatic rings. The maximum absolute atomic E-state index is 4.32. The number of piperidine rings is 1. The molecule has 2 rings (SSSR count). The first-order valence-corrected chi connectivity index (χ1v) is 8.48. The molecule has 1 saturated heterocycles. The van der Waals surface area contributed by atoms with E-state index in [1.54, 1.807) is 0 Å². The summed E-state index contributed by atoms with van der Waals surface area (Å²) < 4.78 is 2.17. The number of aliphatic imine (C=N–C) groups is 1. The van der Waals surface area contributed by atoms with Crippen molar-refractivity contribution in [2.75, 3.05) is 33.2 Å². The van der Waals surface area contributed by atoms with Crippen molar-refractivity contribution in [3.05, 3.63) is 24.5 Å². The summed E-state index contributed by atoms with van der Waals surface area (Å²) in [5.41, 5.74) is 0. The second-order valence-electron chi connectivity index (χ2n) is 6.40. The smallest absolute Gasteiger partial charge is 0.191 e. The van der Waals surface area contributed by atoms with Crippen LogP contribution in [0.3, 0.4) is 0 Å². The first-order chi connectivity index (χ1) is 10.7. The first-order valence-electron chi connectivity index (χ1n) is 8.48. The quantitative estimate of drug-likeness (QED) is 0.412. The molecule has 2 N–H and O–H groups in total. The number of guanidine groups is 1. The molecule has 6 heteroatoms. The number of hydrogen-bond acceptors (Lipinski definition) is 2. The zero-order valence-electron chi connectivity index (χ0n) is 14.7. The molecular formula is C17H32IN5. The Bertz CT molecular complexity index is 444. The van der Waals surface area contributed by atoms with Crippen molar-refractivity contribution >= 4 is 29.9 Å². The molecule has 0 aromatic carbocycles. The molecule has 5 nitrogen and oxygen atoms in total. The van der Waals surface area contributed by atoms with Gasteiger partial charge in [-0.15, -0.1) is 24.0 Å². The van der Waals surface area contributed by atoms with Crippen LogP contribution in [0.1, 0.15) is 26.7 Å². The molecule has 1 unspecified atom stereocenters. The van der Waals surface area contributed by atoms with E-state index in [0.717, 1.165) is 31.5 Å². The van der Waals surface area contributed by atoms with E-state index in [0.29, 0.717) is 6.04 Å². The maximum Gasteiger partial charge on any atom is 0.191 e. The number of nitrogens with zero attached hydrogens (tertiary/aromatic N) is 3. The topological polar surface area (TPSA) is 44.6 Å². The summed E-state index contributed by atoms with van der Waals surface area (Å²) >= 11 is 0. The van der Waals surface area contributed by atoms with E-state index in [1.807, 2.05) is 7.05 Å². The van der Waals surface area contributed by atoms with Gasteiger partial charge in [0.25, 0.3) is 0 Å². The molecule has 23 heavy (non-hydrogen) atoms. The minimum absolute atomic E-state index is 0. The average Bonchev–Trinajstić information content (AvgIpc) is 3.04. The van der Waals surface area contributed by atoms with Crippen LogP contribution in [-0.4, -0.2) is 54.7 Å². The maximum atomic E-state index is 4.32. The van der Waals surface area contributed by atoms with Crippen molar-refractivity contribution < 1.29 is 0 Å². The summed E-state index contributed by atoms with van der Waals surface area (Å²) in [5, 5.41) is 6.87. The summed E-state index contributed by atoms with van der Waals surface area (Å²) in [5.74, 6) is 1.63. The third-order valence-corrected chi connectivity index (χ3v) is 4.39. The van der Waals surface area contributed by atoms with Crippen LogP contribution in [0.2, 0.25) is 0 Å². The summed E-state index contributed by atoms with van der Waals surface area (Å²) in [6.45, 7) is 9.87. The van der Waals surface area contributed by atoms with E-state index in [9.17, 15) is 0 Å². The van der Waals surface area contributed by atoms with Crippen molar-refractivity contribution in [2.45, 2.75) is 39.3 Å². The van der Waals surface area contributed by atoms with Crippen molar-refractivity contribution in [1.29, 1.82) is 0 Å². The van der Waals surface area contributed by atoms with Gasteiger partial charge in [0, 0.05) is 51.7 Å². The van der Waals surface area contributed by atoms with Crippen LogP contribution >= 0.6 is 24.0 Å². The SMILES string of the molecule is CN=C(NCCn1cccc1)NCC1CCCN(C(C)C)C1.I. The monoisotopic (exact) mass is 433 g/mol. The lowest BCUT2D eigenvalue weighted by Gasteiger charge is -2.35. The highest BCUT2D eigenvalue weighted by Gasteiger charge is 2.21. The Morgan fingerprint density at radius 2 is 2.00 bits per heavy atom. The summed E-state index contributed by atoms with van der Waals surface area (Å²) in [4.78, 5) is 6.90. The van der Waals surface area contributed by atoms with Crippen LogP contribution in [0.15, 0.2) is 29.5 Å². The molecule has 1 aliphatic heterocycles. The molecule has 132 valence electrons. The number of aromatic nitrogens is 1. The van der Waals surface area contributed by atoms with Crippen LogP contribution in [0.5, 0.6) is 0 Å². The molecule has 0 spiro atoms. The van der Waals surface area contributed by atoms with Gasteiger partial charge in [0.15, 0.2) is 5.96 Å². The zero-order chi connectivity index (χ0) is 15.8. The van der Waals surface area contributed by atoms with Gasteiger partial charge in [-0.3, -0.25) is 4.99 Å². The zero-order valence-corrected chi connectivity index (χ0v) is 17.0. The molecule has 0 radical (unpaired) electrons. The summed E-state index contributed by atoms with van der Waals surface area (Å²) in [6, 6.07) is 4.76. The largest absolute Gasteiger partial charge is 0.356 e. The highest BCUT2D eigenvalue weighted by molar-refractivity contribution is 14.0. The normalized spacial score (nSPS) is 19.5. The van der Waals surface area contributed by atoms with Crippen LogP contribution in [0.4, 0.5) is 0 Å². The third kappa shape index (κ3) is 7.12. The summed E-state index contributed by atoms with van der Waals surface area (Å²) in [6.07, 6.45) is 6.79. The molecule has 1 fully saturated rings. The molecule has 0 saturated carbocycles. The van der Waals surface area contributed by atoms with Gasteiger partial charge in [-0.1, -0.05) is 0 Å². The fourth-order valence-corrected chi connectivity index (χ4v) is 3.02. The molecule has 0 amide bonds. The average molecular weight is 433 g/mol. The van der Waals surface area contributed by atoms with Gasteiger partial charge in [-0.25, -0.2) is 0 Å². The predicted molar refractivity (Wildman–Crippen MR) is 109 cm³/mol. The Hall–Kier alpha value is -0.760. The van der Waals surface area contributed by atoms with Gasteiger partial charge in [-0.05, 0) is 51.3 Å². The van der Waals surface area contributed by atoms with Gasteiger partial charge >= 0.3 is 0 Å². The second-order valence-corrected chi connectivity index (χ2v) is 6.40. The van der Waals surface area contributed by atoms with Crippen molar-refractivity contribution in [3.8, 4) is 0 Å². The van der Waals surface area contributed by atoms with Crippen molar-refractivity contribution in [3.63, 3.8) is 0 Å². The van der Waals surface area contributed by atoms with E-state index in [1.165, 1.54) is 25.9 Å². The lowest BCUT2D eigenvalue weighted by molar-refractivity contribution is 0.141. The van der Waals surface area contributed by atoms with Crippen LogP contribution in [-0.2, 0) is 6.54 Å². The number of nitrogens with one attached hydrogen (secondary N) is 2. The van der Waals surface area contributed by atoms with Gasteiger partial charge < -0.3 is 20.1 Å². The Kier molecular flexibility index (Phi) is 9.62. The Labute approximate surface area is 157 Å². The minimum atomic E-state index is 0. The predicted octanol–water partition coefficient (Wildman–Crippen LogP) is 2.39. The molecule has 1 atom stereocenters. The molecule has 0 aliphatic carbocycles. The number of rotatable bonds is 6. The van der Waals surface area contributed by atoms with E-state index < -0.39 is 0 Å². The molecule has 1 aliphatic rings. The van der Waals surface area contributed by atoms with Crippen molar-refractivity contribution in [1.82, 2.24) is 20.1 Å². The van der Waals surface area contributed by atoms with Crippen LogP contribution in [0.25, 0.3) is 0 Å². The van der Waals surface area contributed by atoms with Gasteiger partial charge in [0.2, 0.25) is 0 Å². The van der Waals surface area contributed by atoms with E-state index in [4.69, 9.17) is 0 Å². The first kappa shape index (κ1) is 20.3. The van der Waals surface area contributed by atoms with E-state index in [-0.39, 0.29) is 24.0 Å². The fourth-order valence-electron chi connectivity index (χ4n) is 3.02. The minimum Gasteiger partial charge on any atom is -0.356 e. The van der Waals surface area contributed by atoms with E-state index >= 15 is 0 Å². The van der Waals surface area contributed by atoms with Crippen molar-refractivity contribution in [2.24, 2.45) is 10.9 Å². The number of likely N-dealkylation sites (tertiary alicyclic amines) is 1. The van der Waals surface area contributed by atoms with Crippen LogP contribution in [0, 0.1) is 5.92 Å². The highest BCUT2D eigenvalue weighted by Crippen LogP contribution is 2.17. The molecular weight excluding hydrogens is 401 g/mol. The Morgan fingerprint density at radius 3 is 2.65 bits per heavy atom. The van der Waals surface area contributed by atoms with Gasteiger partial charge in [0.05, 0.1) is 0 Å². The standard InChI is InChI=1S/C17H31N5.HI/c1-15(2)22-11-6-7-16(14-22)13-20-17(18-3)19-8-12-21-9-4-5-10-21;/h4-5,9-10,15-16H,6-8,11-14H2,1-3H3,(H2,18,19,20);1H. The number of halogens is 1. The van der Waals surface area contributed by atoms with E-state index in [2.05, 4.69) is 63.5 Å². The van der Waals surface area contributed by atoms with Crippen LogP contribution < -0.4 is 10.6 Å². The number of hydrogen-bond donors (Lipinski definition) is 2. The third-order valence-electron chi connectivity index (χ3n) is 4.39. The molecule has 0 bridgehead atoms. The Balaban J connectivity index is 0.00000264. The second kappa shape index (κ2) is 10.9. The highest BCUT2D eigenvalue weighted by atomic mass is 127. The lowest BCUT2D eigenvalue weighted by atomic mass is 9.97. The fraction of sp³-hybridized carbons (Fsp3) is 0.706. The summed E-state index contributed by atoms with van der Waals surface area (Å²) in [7, 11) is 1.84. The Morgan fingerprint density at radius 1 is 1.26 bits per heavy atom. The molecule has 2 heterocycles.